The number of H-pyrrole nitrogens is 1. The van der Waals surface area contributed by atoms with Crippen LogP contribution in [0.15, 0.2) is 40.8 Å². The Kier molecular flexibility index (Phi) is 3.65. The van der Waals surface area contributed by atoms with E-state index in [9.17, 15) is 9.18 Å². The van der Waals surface area contributed by atoms with Gasteiger partial charge in [0.15, 0.2) is 5.69 Å². The number of nitrogens with one attached hydrogen (secondary N) is 2. The maximum atomic E-state index is 13.0. The monoisotopic (exact) mass is 325 g/mol. The van der Waals surface area contributed by atoms with Crippen LogP contribution in [-0.4, -0.2) is 16.1 Å². The van der Waals surface area contributed by atoms with E-state index in [1.165, 1.54) is 12.1 Å². The van der Waals surface area contributed by atoms with Gasteiger partial charge in [-0.2, -0.15) is 5.10 Å². The number of fused-ring (bicyclic) bond motifs is 1. The number of aromatic amines is 1. The molecule has 2 heterocycles. The van der Waals surface area contributed by atoms with Gasteiger partial charge in [-0.3, -0.25) is 9.89 Å². The van der Waals surface area contributed by atoms with E-state index in [2.05, 4.69) is 15.5 Å². The van der Waals surface area contributed by atoms with Gasteiger partial charge in [0.2, 0.25) is 0 Å². The van der Waals surface area contributed by atoms with E-state index in [0.29, 0.717) is 17.2 Å². The Bertz CT molecular complexity index is 880. The van der Waals surface area contributed by atoms with Crippen molar-refractivity contribution in [1.29, 1.82) is 0 Å². The minimum Gasteiger partial charge on any atom is -0.459 e. The first-order valence-electron chi connectivity index (χ1n) is 7.89. The lowest BCUT2D eigenvalue weighted by atomic mass is 10.2. The Hall–Kier alpha value is -2.89. The molecule has 1 aromatic carbocycles. The number of benzene rings is 1. The first-order chi connectivity index (χ1) is 11.7. The molecule has 0 fully saturated rings. The summed E-state index contributed by atoms with van der Waals surface area (Å²) in [5.41, 5.74) is 3.36. The fraction of sp³-hybridized carbons (Fsp3) is 0.222. The molecule has 1 aliphatic carbocycles. The number of hydrogen-bond donors (Lipinski definition) is 2. The third-order valence-corrected chi connectivity index (χ3v) is 4.23. The smallest absolute Gasteiger partial charge is 0.272 e. The molecule has 0 spiro atoms. The predicted octanol–water partition coefficient (Wildman–Crippen LogP) is 3.23. The molecule has 0 unspecified atom stereocenters. The number of halogens is 1. The van der Waals surface area contributed by atoms with Crippen LogP contribution in [0.1, 0.15) is 33.9 Å². The van der Waals surface area contributed by atoms with E-state index in [0.717, 1.165) is 36.1 Å². The molecule has 4 rings (SSSR count). The third-order valence-electron chi connectivity index (χ3n) is 4.23. The van der Waals surface area contributed by atoms with Crippen molar-refractivity contribution in [2.45, 2.75) is 25.8 Å². The highest BCUT2D eigenvalue weighted by molar-refractivity contribution is 5.94. The van der Waals surface area contributed by atoms with E-state index in [1.807, 2.05) is 0 Å². The number of nitrogens with zero attached hydrogens (tertiary/aromatic N) is 1. The fourth-order valence-electron chi connectivity index (χ4n) is 3.00. The SMILES string of the molecule is O=C(NCc1ccc(-c2ccc(F)cc2)o1)c1n[nH]c2c1CCC2. The van der Waals surface area contributed by atoms with Crippen molar-refractivity contribution in [2.24, 2.45) is 0 Å². The summed E-state index contributed by atoms with van der Waals surface area (Å²) in [6.45, 7) is 0.279. The summed E-state index contributed by atoms with van der Waals surface area (Å²) >= 11 is 0. The molecule has 0 atom stereocenters. The molecular formula is C18H16FN3O2. The average molecular weight is 325 g/mol. The standard InChI is InChI=1S/C18H16FN3O2/c19-12-6-4-11(5-7-12)16-9-8-13(24-16)10-20-18(23)17-14-2-1-3-15(14)21-22-17/h4-9H,1-3,10H2,(H,20,23)(H,21,22). The van der Waals surface area contributed by atoms with Gasteiger partial charge in [-0.15, -0.1) is 0 Å². The summed E-state index contributed by atoms with van der Waals surface area (Å²) in [4.78, 5) is 12.3. The zero-order chi connectivity index (χ0) is 16.5. The minimum absolute atomic E-state index is 0.200. The van der Waals surface area contributed by atoms with Crippen molar-refractivity contribution in [3.8, 4) is 11.3 Å². The second-order valence-corrected chi connectivity index (χ2v) is 5.84. The number of carbonyl (C=O) groups is 1. The summed E-state index contributed by atoms with van der Waals surface area (Å²) in [5.74, 6) is 0.785. The zero-order valence-corrected chi connectivity index (χ0v) is 12.9. The molecule has 5 nitrogen and oxygen atoms in total. The largest absolute Gasteiger partial charge is 0.459 e. The van der Waals surface area contributed by atoms with E-state index >= 15 is 0 Å². The van der Waals surface area contributed by atoms with Crippen molar-refractivity contribution in [2.75, 3.05) is 0 Å². The quantitative estimate of drug-likeness (QED) is 0.773. The van der Waals surface area contributed by atoms with Crippen LogP contribution >= 0.6 is 0 Å². The second kappa shape index (κ2) is 5.96. The third kappa shape index (κ3) is 2.71. The van der Waals surface area contributed by atoms with Crippen LogP contribution in [0.25, 0.3) is 11.3 Å². The summed E-state index contributed by atoms with van der Waals surface area (Å²) < 4.78 is 18.7. The van der Waals surface area contributed by atoms with Crippen LogP contribution in [0.4, 0.5) is 4.39 Å². The highest BCUT2D eigenvalue weighted by Gasteiger charge is 2.22. The molecule has 3 aromatic rings. The molecular weight excluding hydrogens is 309 g/mol. The molecule has 0 aliphatic heterocycles. The van der Waals surface area contributed by atoms with Crippen LogP contribution in [0.2, 0.25) is 0 Å². The topological polar surface area (TPSA) is 70.9 Å². The zero-order valence-electron chi connectivity index (χ0n) is 12.9. The first kappa shape index (κ1) is 14.7. The molecule has 24 heavy (non-hydrogen) atoms. The molecule has 0 saturated heterocycles. The highest BCUT2D eigenvalue weighted by Crippen LogP contribution is 2.24. The second-order valence-electron chi connectivity index (χ2n) is 5.84. The normalized spacial score (nSPS) is 13.0. The van der Waals surface area contributed by atoms with Gasteiger partial charge in [-0.25, -0.2) is 4.39 Å². The number of rotatable bonds is 4. The van der Waals surface area contributed by atoms with Crippen LogP contribution in [0, 0.1) is 5.82 Å². The molecule has 6 heteroatoms. The average Bonchev–Trinajstić information content (AvgIpc) is 3.30. The molecule has 1 amide bonds. The Morgan fingerprint density at radius 3 is 2.88 bits per heavy atom. The van der Waals surface area contributed by atoms with Crippen molar-refractivity contribution < 1.29 is 13.6 Å². The number of furan rings is 1. The van der Waals surface area contributed by atoms with Crippen molar-refractivity contribution in [3.05, 3.63) is 64.9 Å². The summed E-state index contributed by atoms with van der Waals surface area (Å²) in [6, 6.07) is 9.69. The molecule has 0 saturated carbocycles. The maximum Gasteiger partial charge on any atom is 0.272 e. The van der Waals surface area contributed by atoms with E-state index < -0.39 is 0 Å². The molecule has 2 N–H and O–H groups in total. The number of aromatic nitrogens is 2. The fourth-order valence-corrected chi connectivity index (χ4v) is 3.00. The van der Waals surface area contributed by atoms with E-state index in [4.69, 9.17) is 4.42 Å². The van der Waals surface area contributed by atoms with Crippen LogP contribution in [0.3, 0.4) is 0 Å². The number of hydrogen-bond acceptors (Lipinski definition) is 3. The summed E-state index contributed by atoms with van der Waals surface area (Å²) in [5, 5.41) is 9.87. The van der Waals surface area contributed by atoms with E-state index in [1.54, 1.807) is 24.3 Å². The predicted molar refractivity (Wildman–Crippen MR) is 85.9 cm³/mol. The summed E-state index contributed by atoms with van der Waals surface area (Å²) in [7, 11) is 0. The molecule has 0 bridgehead atoms. The van der Waals surface area contributed by atoms with Gasteiger partial charge in [-0.05, 0) is 55.7 Å². The van der Waals surface area contributed by atoms with Gasteiger partial charge in [0.1, 0.15) is 17.3 Å². The maximum absolute atomic E-state index is 13.0. The van der Waals surface area contributed by atoms with Gasteiger partial charge in [-0.1, -0.05) is 0 Å². The number of aryl methyl sites for hydroxylation is 1. The summed E-state index contributed by atoms with van der Waals surface area (Å²) in [6.07, 6.45) is 2.90. The Labute approximate surface area is 137 Å². The van der Waals surface area contributed by atoms with Crippen molar-refractivity contribution >= 4 is 5.91 Å². The lowest BCUT2D eigenvalue weighted by Gasteiger charge is -2.02. The van der Waals surface area contributed by atoms with E-state index in [-0.39, 0.29) is 18.3 Å². The van der Waals surface area contributed by atoms with Crippen LogP contribution < -0.4 is 5.32 Å². The minimum atomic E-state index is -0.288. The van der Waals surface area contributed by atoms with Gasteiger partial charge in [0.25, 0.3) is 5.91 Å². The Morgan fingerprint density at radius 1 is 1.21 bits per heavy atom. The lowest BCUT2D eigenvalue weighted by Crippen LogP contribution is -2.24. The van der Waals surface area contributed by atoms with Crippen LogP contribution in [-0.2, 0) is 19.4 Å². The lowest BCUT2D eigenvalue weighted by molar-refractivity contribution is 0.0942. The number of carbonyl (C=O) groups excluding carboxylic acids is 1. The van der Waals surface area contributed by atoms with Gasteiger partial charge in [0, 0.05) is 16.8 Å². The van der Waals surface area contributed by atoms with Crippen LogP contribution in [0.5, 0.6) is 0 Å². The van der Waals surface area contributed by atoms with Gasteiger partial charge in [0.05, 0.1) is 6.54 Å². The molecule has 1 aliphatic rings. The van der Waals surface area contributed by atoms with Crippen molar-refractivity contribution in [3.63, 3.8) is 0 Å². The van der Waals surface area contributed by atoms with Crippen molar-refractivity contribution in [1.82, 2.24) is 15.5 Å². The Balaban J connectivity index is 1.43. The number of amides is 1. The molecule has 2 aromatic heterocycles. The first-order valence-corrected chi connectivity index (χ1v) is 7.89. The van der Waals surface area contributed by atoms with Gasteiger partial charge < -0.3 is 9.73 Å². The van der Waals surface area contributed by atoms with Gasteiger partial charge >= 0.3 is 0 Å². The highest BCUT2D eigenvalue weighted by atomic mass is 19.1. The molecule has 0 radical (unpaired) electrons. The molecule has 122 valence electrons. The Morgan fingerprint density at radius 2 is 2.04 bits per heavy atom.